The Morgan fingerprint density at radius 3 is 2.71 bits per heavy atom. The van der Waals surface area contributed by atoms with Gasteiger partial charge in [-0.05, 0) is 30.0 Å². The zero-order valence-corrected chi connectivity index (χ0v) is 10.2. The van der Waals surface area contributed by atoms with Gasteiger partial charge >= 0.3 is 5.97 Å². The third-order valence-corrected chi connectivity index (χ3v) is 3.98. The van der Waals surface area contributed by atoms with Gasteiger partial charge in [0.1, 0.15) is 0 Å². The van der Waals surface area contributed by atoms with Crippen LogP contribution in [0.4, 0.5) is 0 Å². The molecule has 0 heterocycles. The van der Waals surface area contributed by atoms with Crippen molar-refractivity contribution < 1.29 is 17.9 Å². The summed E-state index contributed by atoms with van der Waals surface area (Å²) in [5, 5.41) is 5.14. The van der Waals surface area contributed by atoms with E-state index < -0.39 is 10.0 Å². The van der Waals surface area contributed by atoms with Crippen LogP contribution in [0.3, 0.4) is 0 Å². The van der Waals surface area contributed by atoms with Gasteiger partial charge in [-0.25, -0.2) is 13.6 Å². The predicted molar refractivity (Wildman–Crippen MR) is 60.7 cm³/mol. The normalized spacial score (nSPS) is 18.8. The van der Waals surface area contributed by atoms with Crippen LogP contribution in [-0.4, -0.2) is 21.5 Å². The first-order valence-electron chi connectivity index (χ1n) is 5.15. The van der Waals surface area contributed by atoms with E-state index in [1.54, 1.807) is 6.07 Å². The Labute approximate surface area is 99.6 Å². The number of ether oxygens (including phenoxy) is 1. The maximum absolute atomic E-state index is 11.4. The highest BCUT2D eigenvalue weighted by atomic mass is 32.2. The van der Waals surface area contributed by atoms with Crippen molar-refractivity contribution in [1.82, 2.24) is 0 Å². The second-order valence-corrected chi connectivity index (χ2v) is 5.60. The largest absolute Gasteiger partial charge is 0.469 e. The summed E-state index contributed by atoms with van der Waals surface area (Å²) < 4.78 is 27.5. The van der Waals surface area contributed by atoms with Gasteiger partial charge in [-0.15, -0.1) is 0 Å². The van der Waals surface area contributed by atoms with Gasteiger partial charge in [0, 0.05) is 0 Å². The number of sulfonamides is 1. The molecule has 6 heteroatoms. The molecule has 2 rings (SSSR count). The molecule has 1 aromatic carbocycles. The highest BCUT2D eigenvalue weighted by Crippen LogP contribution is 2.31. The van der Waals surface area contributed by atoms with Gasteiger partial charge in [0.2, 0.25) is 10.0 Å². The highest BCUT2D eigenvalue weighted by molar-refractivity contribution is 7.89. The first-order chi connectivity index (χ1) is 7.93. The fourth-order valence-corrected chi connectivity index (χ4v) is 3.04. The van der Waals surface area contributed by atoms with Gasteiger partial charge < -0.3 is 4.74 Å². The highest BCUT2D eigenvalue weighted by Gasteiger charge is 2.31. The van der Waals surface area contributed by atoms with Crippen LogP contribution >= 0.6 is 0 Å². The zero-order valence-electron chi connectivity index (χ0n) is 9.34. The topological polar surface area (TPSA) is 86.5 Å². The molecule has 0 saturated carbocycles. The monoisotopic (exact) mass is 255 g/mol. The summed E-state index contributed by atoms with van der Waals surface area (Å²) in [5.74, 6) is -0.625. The molecule has 0 spiro atoms. The van der Waals surface area contributed by atoms with E-state index in [0.717, 1.165) is 5.56 Å². The van der Waals surface area contributed by atoms with E-state index in [0.29, 0.717) is 18.4 Å². The van der Waals surface area contributed by atoms with Crippen molar-refractivity contribution in [2.75, 3.05) is 7.11 Å². The van der Waals surface area contributed by atoms with Crippen molar-refractivity contribution in [1.29, 1.82) is 0 Å². The third kappa shape index (κ3) is 2.18. The minimum Gasteiger partial charge on any atom is -0.469 e. The van der Waals surface area contributed by atoms with E-state index >= 15 is 0 Å². The maximum atomic E-state index is 11.4. The number of hydrogen-bond acceptors (Lipinski definition) is 4. The average Bonchev–Trinajstić information content (AvgIpc) is 2.69. The van der Waals surface area contributed by atoms with Crippen LogP contribution in [0, 0.1) is 5.92 Å². The van der Waals surface area contributed by atoms with Crippen molar-refractivity contribution in [3.63, 3.8) is 0 Å². The van der Waals surface area contributed by atoms with Gasteiger partial charge in [0.15, 0.2) is 0 Å². The third-order valence-electron chi connectivity index (χ3n) is 2.99. The molecule has 0 aromatic heterocycles. The molecule has 5 nitrogen and oxygen atoms in total. The van der Waals surface area contributed by atoms with E-state index in [4.69, 9.17) is 5.14 Å². The minimum absolute atomic E-state index is 0.112. The lowest BCUT2D eigenvalue weighted by Crippen LogP contribution is -2.17. The van der Waals surface area contributed by atoms with Crippen molar-refractivity contribution in [3.8, 4) is 0 Å². The number of carbonyl (C=O) groups is 1. The quantitative estimate of drug-likeness (QED) is 0.766. The fraction of sp³-hybridized carbons (Fsp3) is 0.364. The molecule has 1 atom stereocenters. The molecule has 1 aliphatic rings. The standard InChI is InChI=1S/C11H13NO4S/c1-16-11(13)8-5-7-3-2-4-10(9(7)6-8)17(12,14)15/h2-4,8H,5-6H2,1H3,(H2,12,14,15)/t8-/m1/s1. The Bertz CT molecular complexity index is 565. The summed E-state index contributed by atoms with van der Waals surface area (Å²) in [7, 11) is -2.41. The van der Waals surface area contributed by atoms with Crippen molar-refractivity contribution >= 4 is 16.0 Å². The number of fused-ring (bicyclic) bond motifs is 1. The van der Waals surface area contributed by atoms with Crippen LogP contribution in [0.5, 0.6) is 0 Å². The summed E-state index contributed by atoms with van der Waals surface area (Å²) in [6.07, 6.45) is 0.875. The molecule has 0 fully saturated rings. The van der Waals surface area contributed by atoms with Crippen molar-refractivity contribution in [2.24, 2.45) is 11.1 Å². The number of primary sulfonamides is 1. The number of methoxy groups -OCH3 is 1. The molecule has 17 heavy (non-hydrogen) atoms. The molecule has 0 radical (unpaired) electrons. The summed E-state index contributed by atoms with van der Waals surface area (Å²) >= 11 is 0. The van der Waals surface area contributed by atoms with E-state index in [-0.39, 0.29) is 16.8 Å². The molecule has 92 valence electrons. The molecule has 1 aliphatic carbocycles. The Balaban J connectivity index is 2.43. The van der Waals surface area contributed by atoms with Crippen LogP contribution in [0.15, 0.2) is 23.1 Å². The number of rotatable bonds is 2. The average molecular weight is 255 g/mol. The first-order valence-corrected chi connectivity index (χ1v) is 6.69. The molecule has 0 amide bonds. The second kappa shape index (κ2) is 4.12. The molecular formula is C11H13NO4S. The summed E-state index contributed by atoms with van der Waals surface area (Å²) in [5.41, 5.74) is 1.50. The Kier molecular flexibility index (Phi) is 2.92. The molecule has 0 aliphatic heterocycles. The molecule has 1 aromatic rings. The lowest BCUT2D eigenvalue weighted by molar-refractivity contribution is -0.145. The van der Waals surface area contributed by atoms with Gasteiger partial charge in [-0.2, -0.15) is 0 Å². The number of nitrogens with two attached hydrogens (primary N) is 1. The van der Waals surface area contributed by atoms with E-state index in [1.165, 1.54) is 13.2 Å². The van der Waals surface area contributed by atoms with E-state index in [2.05, 4.69) is 4.74 Å². The minimum atomic E-state index is -3.74. The van der Waals surface area contributed by atoms with E-state index in [1.807, 2.05) is 6.07 Å². The van der Waals surface area contributed by atoms with E-state index in [9.17, 15) is 13.2 Å². The summed E-state index contributed by atoms with van der Waals surface area (Å²) in [4.78, 5) is 11.6. The van der Waals surface area contributed by atoms with Gasteiger partial charge in [-0.1, -0.05) is 12.1 Å². The number of carbonyl (C=O) groups excluding carboxylic acids is 1. The number of hydrogen-bond donors (Lipinski definition) is 1. The van der Waals surface area contributed by atoms with Crippen LogP contribution in [0.1, 0.15) is 11.1 Å². The van der Waals surface area contributed by atoms with Crippen molar-refractivity contribution in [3.05, 3.63) is 29.3 Å². The van der Waals surface area contributed by atoms with Crippen LogP contribution in [-0.2, 0) is 32.4 Å². The molecule has 2 N–H and O–H groups in total. The number of benzene rings is 1. The van der Waals surface area contributed by atoms with Crippen LogP contribution in [0.2, 0.25) is 0 Å². The maximum Gasteiger partial charge on any atom is 0.309 e. The molecular weight excluding hydrogens is 242 g/mol. The van der Waals surface area contributed by atoms with Crippen molar-refractivity contribution in [2.45, 2.75) is 17.7 Å². The SMILES string of the molecule is COC(=O)[C@@H]1Cc2cccc(S(N)(=O)=O)c2C1. The zero-order chi connectivity index (χ0) is 12.6. The molecule has 0 saturated heterocycles. The Morgan fingerprint density at radius 2 is 2.12 bits per heavy atom. The Hall–Kier alpha value is -1.40. The van der Waals surface area contributed by atoms with Crippen LogP contribution in [0.25, 0.3) is 0 Å². The Morgan fingerprint density at radius 1 is 1.41 bits per heavy atom. The molecule has 0 unspecified atom stereocenters. The molecule has 0 bridgehead atoms. The predicted octanol–water partition coefficient (Wildman–Crippen LogP) is 0.222. The van der Waals surface area contributed by atoms with Gasteiger partial charge in [0.25, 0.3) is 0 Å². The summed E-state index contributed by atoms with van der Waals surface area (Å²) in [6.45, 7) is 0. The first kappa shape index (κ1) is 12.1. The van der Waals surface area contributed by atoms with Gasteiger partial charge in [-0.3, -0.25) is 4.79 Å². The summed E-state index contributed by atoms with van der Waals surface area (Å²) in [6, 6.07) is 4.92. The fourth-order valence-electron chi connectivity index (χ4n) is 2.22. The lowest BCUT2D eigenvalue weighted by Gasteiger charge is -2.06. The smallest absolute Gasteiger partial charge is 0.309 e. The number of esters is 1. The second-order valence-electron chi connectivity index (χ2n) is 4.07. The van der Waals surface area contributed by atoms with Gasteiger partial charge in [0.05, 0.1) is 17.9 Å². The van der Waals surface area contributed by atoms with Crippen LogP contribution < -0.4 is 5.14 Å². The lowest BCUT2D eigenvalue weighted by atomic mass is 10.1.